The molecule has 3 aromatic heterocycles. The number of pyridine rings is 1. The zero-order chi connectivity index (χ0) is 20.8. The molecular weight excluding hydrogens is 396 g/mol. The Morgan fingerprint density at radius 2 is 2.13 bits per heavy atom. The van der Waals surface area contributed by atoms with E-state index in [4.69, 9.17) is 10.5 Å². The molecule has 0 saturated carbocycles. The molecule has 4 aromatic rings. The highest BCUT2D eigenvalue weighted by molar-refractivity contribution is 7.09. The normalized spacial score (nSPS) is 15.2. The molecule has 2 N–H and O–H groups in total. The van der Waals surface area contributed by atoms with Gasteiger partial charge in [0.1, 0.15) is 6.10 Å². The largest absolute Gasteiger partial charge is 0.482 e. The number of benzene rings is 1. The van der Waals surface area contributed by atoms with Crippen molar-refractivity contribution < 1.29 is 4.74 Å². The van der Waals surface area contributed by atoms with Crippen LogP contribution < -0.4 is 10.5 Å². The van der Waals surface area contributed by atoms with Crippen molar-refractivity contribution in [2.24, 2.45) is 0 Å². The van der Waals surface area contributed by atoms with Crippen LogP contribution in [0.1, 0.15) is 42.3 Å². The van der Waals surface area contributed by atoms with Crippen LogP contribution in [0.5, 0.6) is 5.75 Å². The second kappa shape index (κ2) is 7.21. The number of rotatable bonds is 1. The molecule has 8 heteroatoms. The number of nitrogens with two attached hydrogens (primary N) is 1. The van der Waals surface area contributed by atoms with Gasteiger partial charge in [-0.3, -0.25) is 0 Å². The molecule has 0 amide bonds. The van der Waals surface area contributed by atoms with Crippen LogP contribution in [0.4, 0.5) is 5.82 Å². The fourth-order valence-corrected chi connectivity index (χ4v) is 4.76. The first-order chi connectivity index (χ1) is 14.5. The van der Waals surface area contributed by atoms with E-state index in [1.54, 1.807) is 6.20 Å². The van der Waals surface area contributed by atoms with Crippen molar-refractivity contribution in [3.8, 4) is 27.4 Å². The molecule has 0 saturated heterocycles. The lowest BCUT2D eigenvalue weighted by molar-refractivity contribution is 0.228. The molecule has 152 valence electrons. The lowest BCUT2D eigenvalue weighted by atomic mass is 9.95. The van der Waals surface area contributed by atoms with E-state index in [0.29, 0.717) is 24.5 Å². The molecule has 0 aliphatic carbocycles. The van der Waals surface area contributed by atoms with E-state index in [0.717, 1.165) is 38.5 Å². The van der Waals surface area contributed by atoms with Gasteiger partial charge >= 0.3 is 0 Å². The van der Waals surface area contributed by atoms with Crippen LogP contribution in [0.25, 0.3) is 21.7 Å². The first-order valence-electron chi connectivity index (χ1n) is 9.94. The van der Waals surface area contributed by atoms with Crippen molar-refractivity contribution >= 4 is 17.4 Å². The fraction of sp³-hybridized carbons (Fsp3) is 0.273. The van der Waals surface area contributed by atoms with Gasteiger partial charge in [-0.1, -0.05) is 29.0 Å². The van der Waals surface area contributed by atoms with Gasteiger partial charge in [-0.15, -0.1) is 5.10 Å². The molecule has 4 heterocycles. The van der Waals surface area contributed by atoms with Gasteiger partial charge in [-0.25, -0.2) is 14.0 Å². The fourth-order valence-electron chi connectivity index (χ4n) is 3.95. The summed E-state index contributed by atoms with van der Waals surface area (Å²) in [5.41, 5.74) is 13.4. The van der Waals surface area contributed by atoms with Crippen LogP contribution in [0.2, 0.25) is 0 Å². The molecular formula is C22H22N6OS. The lowest BCUT2D eigenvalue weighted by Crippen LogP contribution is -2.09. The molecule has 7 nitrogen and oxygen atoms in total. The molecule has 0 radical (unpaired) electrons. The predicted molar refractivity (Wildman–Crippen MR) is 117 cm³/mol. The standard InChI is InChI=1S/C22H22N6OS/c1-4-28-20-14-9-19(22(23)24-10-14)29-13(3)17-7-12(2)5-6-16(17)21-15(11-25-30-21)8-18(20)26-27-28/h5-7,9-11,13H,4,8H2,1-3H3,(H2,23,24)/t13-/m1/s1. The molecule has 5 rings (SSSR count). The second-order valence-electron chi connectivity index (χ2n) is 7.52. The second-order valence-corrected chi connectivity index (χ2v) is 8.32. The van der Waals surface area contributed by atoms with Gasteiger partial charge in [-0.05, 0) is 43.9 Å². The van der Waals surface area contributed by atoms with Crippen LogP contribution in [-0.4, -0.2) is 24.4 Å². The van der Waals surface area contributed by atoms with Crippen LogP contribution in [-0.2, 0) is 13.0 Å². The van der Waals surface area contributed by atoms with Gasteiger partial charge in [0.05, 0.1) is 16.3 Å². The highest BCUT2D eigenvalue weighted by Crippen LogP contribution is 2.39. The Kier molecular flexibility index (Phi) is 4.51. The van der Waals surface area contributed by atoms with E-state index in [-0.39, 0.29) is 6.10 Å². The van der Waals surface area contributed by atoms with Gasteiger partial charge in [-0.2, -0.15) is 0 Å². The van der Waals surface area contributed by atoms with Gasteiger partial charge in [0.2, 0.25) is 0 Å². The first kappa shape index (κ1) is 18.7. The Labute approximate surface area is 178 Å². The minimum absolute atomic E-state index is 0.206. The molecule has 1 aliphatic rings. The van der Waals surface area contributed by atoms with Crippen LogP contribution >= 0.6 is 11.5 Å². The van der Waals surface area contributed by atoms with Gasteiger partial charge in [0.25, 0.3) is 0 Å². The van der Waals surface area contributed by atoms with Gasteiger partial charge < -0.3 is 10.5 Å². The molecule has 30 heavy (non-hydrogen) atoms. The number of hydrogen-bond acceptors (Lipinski definition) is 7. The molecule has 1 atom stereocenters. The third-order valence-electron chi connectivity index (χ3n) is 5.46. The van der Waals surface area contributed by atoms with E-state index in [1.165, 1.54) is 17.1 Å². The number of nitrogen functional groups attached to an aromatic ring is 1. The minimum atomic E-state index is -0.206. The van der Waals surface area contributed by atoms with Crippen molar-refractivity contribution in [2.45, 2.75) is 39.8 Å². The maximum Gasteiger partial charge on any atom is 0.166 e. The zero-order valence-electron chi connectivity index (χ0n) is 17.1. The SMILES string of the molecule is CCn1nnc2c1-c1cnc(N)c(c1)O[C@H](C)c1cc(C)ccc1-c1sncc1C2. The number of aromatic nitrogens is 5. The monoisotopic (exact) mass is 418 g/mol. The summed E-state index contributed by atoms with van der Waals surface area (Å²) < 4.78 is 12.7. The summed E-state index contributed by atoms with van der Waals surface area (Å²) >= 11 is 1.50. The van der Waals surface area contributed by atoms with Crippen LogP contribution in [0.15, 0.2) is 36.7 Å². The Morgan fingerprint density at radius 1 is 1.27 bits per heavy atom. The Morgan fingerprint density at radius 3 is 2.97 bits per heavy atom. The van der Waals surface area contributed by atoms with E-state index in [2.05, 4.69) is 44.8 Å². The molecule has 2 bridgehead atoms. The van der Waals surface area contributed by atoms with Crippen molar-refractivity contribution in [3.63, 3.8) is 0 Å². The highest BCUT2D eigenvalue weighted by atomic mass is 32.1. The van der Waals surface area contributed by atoms with Gasteiger partial charge in [0, 0.05) is 42.0 Å². The number of aryl methyl sites for hydroxylation is 2. The quantitative estimate of drug-likeness (QED) is 0.492. The smallest absolute Gasteiger partial charge is 0.166 e. The molecule has 0 spiro atoms. The minimum Gasteiger partial charge on any atom is -0.482 e. The summed E-state index contributed by atoms with van der Waals surface area (Å²) in [7, 11) is 0. The number of nitrogens with zero attached hydrogens (tertiary/aromatic N) is 5. The van der Waals surface area contributed by atoms with Crippen LogP contribution in [0, 0.1) is 6.92 Å². The lowest BCUT2D eigenvalue weighted by Gasteiger charge is -2.21. The number of fused-ring (bicyclic) bond motifs is 7. The molecule has 1 aliphatic heterocycles. The van der Waals surface area contributed by atoms with Crippen molar-refractivity contribution in [1.82, 2.24) is 24.4 Å². The Balaban J connectivity index is 1.79. The van der Waals surface area contributed by atoms with Gasteiger partial charge in [0.15, 0.2) is 11.6 Å². The maximum absolute atomic E-state index is 6.34. The van der Waals surface area contributed by atoms with Crippen LogP contribution in [0.3, 0.4) is 0 Å². The Hall–Kier alpha value is -3.26. The molecule has 1 aromatic carbocycles. The topological polar surface area (TPSA) is 91.7 Å². The van der Waals surface area contributed by atoms with E-state index in [9.17, 15) is 0 Å². The summed E-state index contributed by atoms with van der Waals surface area (Å²) in [6.07, 6.45) is 4.13. The van der Waals surface area contributed by atoms with E-state index in [1.807, 2.05) is 30.8 Å². The maximum atomic E-state index is 6.34. The summed E-state index contributed by atoms with van der Waals surface area (Å²) in [6.45, 7) is 6.88. The zero-order valence-corrected chi connectivity index (χ0v) is 17.9. The number of hydrogen-bond donors (Lipinski definition) is 1. The predicted octanol–water partition coefficient (Wildman–Crippen LogP) is 4.42. The molecule has 0 fully saturated rings. The average Bonchev–Trinajstić information content (AvgIpc) is 3.36. The summed E-state index contributed by atoms with van der Waals surface area (Å²) in [5, 5.41) is 8.85. The summed E-state index contributed by atoms with van der Waals surface area (Å²) in [4.78, 5) is 5.53. The highest BCUT2D eigenvalue weighted by Gasteiger charge is 2.24. The number of anilines is 1. The van der Waals surface area contributed by atoms with Crippen molar-refractivity contribution in [1.29, 1.82) is 0 Å². The van der Waals surface area contributed by atoms with E-state index >= 15 is 0 Å². The Bertz CT molecular complexity index is 1240. The number of ether oxygens (including phenoxy) is 1. The average molecular weight is 419 g/mol. The summed E-state index contributed by atoms with van der Waals surface area (Å²) in [5.74, 6) is 0.930. The van der Waals surface area contributed by atoms with E-state index < -0.39 is 0 Å². The molecule has 0 unspecified atom stereocenters. The summed E-state index contributed by atoms with van der Waals surface area (Å²) in [6, 6.07) is 8.38. The third-order valence-corrected chi connectivity index (χ3v) is 6.33. The first-order valence-corrected chi connectivity index (χ1v) is 10.7. The third kappa shape index (κ3) is 3.04. The van der Waals surface area contributed by atoms with Crippen molar-refractivity contribution in [2.75, 3.05) is 5.73 Å². The van der Waals surface area contributed by atoms with Crippen molar-refractivity contribution in [3.05, 3.63) is 59.0 Å².